The van der Waals surface area contributed by atoms with Crippen molar-refractivity contribution in [3.63, 3.8) is 0 Å². The topological polar surface area (TPSA) is 89.8 Å². The Hall–Kier alpha value is -3.02. The fourth-order valence-electron chi connectivity index (χ4n) is 2.41. The monoisotopic (exact) mass is 310 g/mol. The van der Waals surface area contributed by atoms with Crippen molar-refractivity contribution in [1.29, 1.82) is 0 Å². The smallest absolute Gasteiger partial charge is 0.323 e. The Kier molecular flexibility index (Phi) is 3.89. The van der Waals surface area contributed by atoms with E-state index >= 15 is 0 Å². The number of aryl methyl sites for hydroxylation is 1. The van der Waals surface area contributed by atoms with Crippen molar-refractivity contribution in [1.82, 2.24) is 9.97 Å². The summed E-state index contributed by atoms with van der Waals surface area (Å²) in [5.74, 6) is -0.149. The van der Waals surface area contributed by atoms with Gasteiger partial charge in [-0.15, -0.1) is 0 Å². The van der Waals surface area contributed by atoms with Crippen LogP contribution in [0, 0.1) is 6.92 Å². The van der Waals surface area contributed by atoms with E-state index in [-0.39, 0.29) is 11.6 Å². The first-order valence-corrected chi connectivity index (χ1v) is 7.37. The van der Waals surface area contributed by atoms with Crippen LogP contribution in [0.3, 0.4) is 0 Å². The molecule has 0 aliphatic rings. The number of rotatable bonds is 4. The van der Waals surface area contributed by atoms with E-state index in [4.69, 9.17) is 0 Å². The van der Waals surface area contributed by atoms with Crippen LogP contribution in [0.5, 0.6) is 0 Å². The van der Waals surface area contributed by atoms with Crippen molar-refractivity contribution in [2.45, 2.75) is 19.9 Å². The van der Waals surface area contributed by atoms with Gasteiger partial charge in [0.1, 0.15) is 6.04 Å². The van der Waals surface area contributed by atoms with Gasteiger partial charge in [-0.2, -0.15) is 0 Å². The lowest BCUT2D eigenvalue weighted by molar-refractivity contribution is -0.116. The van der Waals surface area contributed by atoms with E-state index in [0.29, 0.717) is 16.7 Å². The summed E-state index contributed by atoms with van der Waals surface area (Å²) in [6, 6.07) is 12.7. The summed E-state index contributed by atoms with van der Waals surface area (Å²) in [6.07, 6.45) is 0. The van der Waals surface area contributed by atoms with Crippen LogP contribution in [0.15, 0.2) is 47.3 Å². The first kappa shape index (κ1) is 14.9. The van der Waals surface area contributed by atoms with Gasteiger partial charge in [0, 0.05) is 11.4 Å². The molecule has 3 aromatic rings. The number of aromatic nitrogens is 2. The number of hydrogen-bond donors (Lipinski definition) is 4. The highest BCUT2D eigenvalue weighted by Gasteiger charge is 2.13. The molecule has 0 saturated carbocycles. The molecule has 0 aliphatic carbocycles. The van der Waals surface area contributed by atoms with Crippen LogP contribution in [0.1, 0.15) is 12.5 Å². The number of fused-ring (bicyclic) bond motifs is 1. The average Bonchev–Trinajstić information content (AvgIpc) is 2.86. The molecule has 0 aliphatic heterocycles. The molecule has 2 aromatic carbocycles. The number of carbonyl (C=O) groups excluding carboxylic acids is 1. The van der Waals surface area contributed by atoms with Crippen molar-refractivity contribution < 1.29 is 4.79 Å². The molecule has 6 heteroatoms. The molecule has 1 heterocycles. The Labute approximate surface area is 132 Å². The molecule has 0 radical (unpaired) electrons. The number of carbonyl (C=O) groups is 1. The summed E-state index contributed by atoms with van der Waals surface area (Å²) < 4.78 is 0. The second kappa shape index (κ2) is 6.00. The molecule has 118 valence electrons. The number of hydrogen-bond acceptors (Lipinski definition) is 3. The lowest BCUT2D eigenvalue weighted by atomic mass is 10.2. The molecular weight excluding hydrogens is 292 g/mol. The summed E-state index contributed by atoms with van der Waals surface area (Å²) in [4.78, 5) is 28.9. The molecular formula is C17H18N4O2. The van der Waals surface area contributed by atoms with Gasteiger partial charge in [0.2, 0.25) is 5.91 Å². The Bertz CT molecular complexity index is 910. The summed E-state index contributed by atoms with van der Waals surface area (Å²) in [5, 5.41) is 6.01. The zero-order valence-electron chi connectivity index (χ0n) is 12.9. The first-order valence-electron chi connectivity index (χ1n) is 7.37. The molecule has 4 N–H and O–H groups in total. The fraction of sp³-hybridized carbons (Fsp3) is 0.176. The second-order valence-corrected chi connectivity index (χ2v) is 5.56. The number of benzene rings is 2. The summed E-state index contributed by atoms with van der Waals surface area (Å²) >= 11 is 0. The van der Waals surface area contributed by atoms with Gasteiger partial charge < -0.3 is 20.6 Å². The van der Waals surface area contributed by atoms with E-state index in [1.54, 1.807) is 25.1 Å². The Morgan fingerprint density at radius 1 is 1.04 bits per heavy atom. The van der Waals surface area contributed by atoms with Crippen molar-refractivity contribution in [2.75, 3.05) is 10.6 Å². The largest absolute Gasteiger partial charge is 0.374 e. The third kappa shape index (κ3) is 3.42. The van der Waals surface area contributed by atoms with E-state index in [0.717, 1.165) is 11.3 Å². The number of aromatic amines is 2. The van der Waals surface area contributed by atoms with Gasteiger partial charge in [-0.05, 0) is 49.7 Å². The first-order chi connectivity index (χ1) is 11.0. The minimum atomic E-state index is -0.391. The van der Waals surface area contributed by atoms with Crippen LogP contribution in [0.25, 0.3) is 11.0 Å². The van der Waals surface area contributed by atoms with Gasteiger partial charge in [0.05, 0.1) is 11.0 Å². The highest BCUT2D eigenvalue weighted by atomic mass is 16.2. The lowest BCUT2D eigenvalue weighted by Gasteiger charge is -2.15. The SMILES string of the molecule is Cc1cccc(N[C@@H](C)C(=O)Nc2ccc3[nH]c(=O)[nH]c3c2)c1. The molecule has 1 aromatic heterocycles. The maximum absolute atomic E-state index is 12.3. The highest BCUT2D eigenvalue weighted by Crippen LogP contribution is 2.16. The normalized spacial score (nSPS) is 12.1. The van der Waals surface area contributed by atoms with Crippen LogP contribution < -0.4 is 16.3 Å². The maximum Gasteiger partial charge on any atom is 0.323 e. The molecule has 0 unspecified atom stereocenters. The van der Waals surface area contributed by atoms with Gasteiger partial charge in [-0.3, -0.25) is 4.79 Å². The van der Waals surface area contributed by atoms with Crippen molar-refractivity contribution in [2.24, 2.45) is 0 Å². The van der Waals surface area contributed by atoms with Gasteiger partial charge in [0.15, 0.2) is 0 Å². The molecule has 1 atom stereocenters. The van der Waals surface area contributed by atoms with Gasteiger partial charge >= 0.3 is 5.69 Å². The molecule has 0 fully saturated rings. The number of anilines is 2. The van der Waals surface area contributed by atoms with E-state index in [9.17, 15) is 9.59 Å². The quantitative estimate of drug-likeness (QED) is 0.597. The molecule has 1 amide bonds. The van der Waals surface area contributed by atoms with E-state index in [2.05, 4.69) is 20.6 Å². The van der Waals surface area contributed by atoms with E-state index in [1.165, 1.54) is 0 Å². The molecule has 3 rings (SSSR count). The van der Waals surface area contributed by atoms with Gasteiger partial charge in [-0.1, -0.05) is 12.1 Å². The van der Waals surface area contributed by atoms with Crippen LogP contribution in [-0.4, -0.2) is 21.9 Å². The molecule has 23 heavy (non-hydrogen) atoms. The van der Waals surface area contributed by atoms with Crippen LogP contribution >= 0.6 is 0 Å². The standard InChI is InChI=1S/C17H18N4O2/c1-10-4-3-5-12(8-10)18-11(2)16(22)19-13-6-7-14-15(9-13)21-17(23)20-14/h3-9,11,18H,1-2H3,(H,19,22)(H2,20,21,23)/t11-/m0/s1. The van der Waals surface area contributed by atoms with Crippen molar-refractivity contribution in [3.05, 3.63) is 58.5 Å². The van der Waals surface area contributed by atoms with Gasteiger partial charge in [0.25, 0.3) is 0 Å². The molecule has 0 spiro atoms. The van der Waals surface area contributed by atoms with E-state index in [1.807, 2.05) is 31.2 Å². The van der Waals surface area contributed by atoms with Crippen molar-refractivity contribution >= 4 is 28.3 Å². The van der Waals surface area contributed by atoms with E-state index < -0.39 is 6.04 Å². The van der Waals surface area contributed by atoms with Crippen molar-refractivity contribution in [3.8, 4) is 0 Å². The lowest BCUT2D eigenvalue weighted by Crippen LogP contribution is -2.31. The van der Waals surface area contributed by atoms with Crippen LogP contribution in [-0.2, 0) is 4.79 Å². The average molecular weight is 310 g/mol. The maximum atomic E-state index is 12.3. The number of imidazole rings is 1. The molecule has 0 saturated heterocycles. The Morgan fingerprint density at radius 3 is 2.61 bits per heavy atom. The summed E-state index contributed by atoms with van der Waals surface area (Å²) in [5.41, 5.74) is 3.77. The predicted octanol–water partition coefficient (Wildman–Crippen LogP) is 2.60. The molecule has 0 bridgehead atoms. The third-order valence-electron chi connectivity index (χ3n) is 3.58. The van der Waals surface area contributed by atoms with Crippen LogP contribution in [0.2, 0.25) is 0 Å². The summed E-state index contributed by atoms with van der Waals surface area (Å²) in [7, 11) is 0. The third-order valence-corrected chi connectivity index (χ3v) is 3.58. The zero-order chi connectivity index (χ0) is 16.4. The number of amides is 1. The predicted molar refractivity (Wildman–Crippen MR) is 91.8 cm³/mol. The highest BCUT2D eigenvalue weighted by molar-refractivity contribution is 5.97. The van der Waals surface area contributed by atoms with Crippen LogP contribution in [0.4, 0.5) is 11.4 Å². The zero-order valence-corrected chi connectivity index (χ0v) is 12.9. The molecule has 6 nitrogen and oxygen atoms in total. The number of H-pyrrole nitrogens is 2. The van der Waals surface area contributed by atoms with Gasteiger partial charge in [-0.25, -0.2) is 4.79 Å². The Morgan fingerprint density at radius 2 is 1.83 bits per heavy atom. The number of nitrogens with one attached hydrogen (secondary N) is 4. The fourth-order valence-corrected chi connectivity index (χ4v) is 2.41. The minimum Gasteiger partial charge on any atom is -0.374 e. The summed E-state index contributed by atoms with van der Waals surface area (Å²) in [6.45, 7) is 3.80. The Balaban J connectivity index is 1.70. The minimum absolute atomic E-state index is 0.149. The second-order valence-electron chi connectivity index (χ2n) is 5.56.